The zero-order chi connectivity index (χ0) is 18.1. The molecular weight excluding hydrogens is 334 g/mol. The van der Waals surface area contributed by atoms with Gasteiger partial charge in [0.2, 0.25) is 0 Å². The summed E-state index contributed by atoms with van der Waals surface area (Å²) < 4.78 is 27.5. The first-order valence-electron chi connectivity index (χ1n) is 9.31. The van der Waals surface area contributed by atoms with Crippen molar-refractivity contribution in [1.29, 1.82) is 0 Å². The van der Waals surface area contributed by atoms with Crippen LogP contribution in [0.2, 0.25) is 0 Å². The summed E-state index contributed by atoms with van der Waals surface area (Å²) >= 11 is 0. The van der Waals surface area contributed by atoms with Crippen LogP contribution in [-0.4, -0.2) is 68.7 Å². The Kier molecular flexibility index (Phi) is 5.54. The Hall–Kier alpha value is -0.950. The predicted molar refractivity (Wildman–Crippen MR) is 102 cm³/mol. The van der Waals surface area contributed by atoms with Gasteiger partial charge in [-0.15, -0.1) is 0 Å². The monoisotopic (exact) mass is 365 g/mol. The smallest absolute Gasteiger partial charge is 0.281 e. The highest BCUT2D eigenvalue weighted by Crippen LogP contribution is 2.42. The molecule has 3 rings (SSSR count). The Balaban J connectivity index is 1.68. The van der Waals surface area contributed by atoms with Gasteiger partial charge >= 0.3 is 0 Å². The molecule has 0 bridgehead atoms. The second kappa shape index (κ2) is 7.35. The van der Waals surface area contributed by atoms with Crippen LogP contribution in [0.5, 0.6) is 0 Å². The molecule has 5 nitrogen and oxygen atoms in total. The van der Waals surface area contributed by atoms with E-state index in [1.54, 1.807) is 18.4 Å². The topological polar surface area (TPSA) is 43.9 Å². The highest BCUT2D eigenvalue weighted by Gasteiger charge is 2.38. The highest BCUT2D eigenvalue weighted by molar-refractivity contribution is 7.86. The first kappa shape index (κ1) is 18.8. The van der Waals surface area contributed by atoms with Crippen molar-refractivity contribution < 1.29 is 8.42 Å². The molecule has 1 saturated carbocycles. The van der Waals surface area contributed by atoms with Crippen molar-refractivity contribution in [3.8, 4) is 0 Å². The number of piperazine rings is 1. The van der Waals surface area contributed by atoms with E-state index < -0.39 is 10.2 Å². The van der Waals surface area contributed by atoms with Gasteiger partial charge < -0.3 is 0 Å². The van der Waals surface area contributed by atoms with Crippen LogP contribution < -0.4 is 0 Å². The van der Waals surface area contributed by atoms with E-state index in [0.717, 1.165) is 19.6 Å². The van der Waals surface area contributed by atoms with Gasteiger partial charge in [0.15, 0.2) is 0 Å². The Morgan fingerprint density at radius 2 is 1.56 bits per heavy atom. The van der Waals surface area contributed by atoms with E-state index in [4.69, 9.17) is 0 Å². The van der Waals surface area contributed by atoms with Crippen LogP contribution in [0, 0.1) is 6.92 Å². The standard InChI is InChI=1S/C19H31N3O2S/c1-17-6-8-18(9-7-17)19(10-4-5-11-19)16-21-12-14-22(15-13-21)25(23,24)20(2)3/h6-9H,4-5,10-16H2,1-3H3. The van der Waals surface area contributed by atoms with Crippen LogP contribution in [0.4, 0.5) is 0 Å². The summed E-state index contributed by atoms with van der Waals surface area (Å²) in [4.78, 5) is 2.47. The molecule has 2 aliphatic rings. The quantitative estimate of drug-likeness (QED) is 0.804. The van der Waals surface area contributed by atoms with Crippen molar-refractivity contribution in [2.24, 2.45) is 0 Å². The van der Waals surface area contributed by atoms with Gasteiger partial charge in [0.25, 0.3) is 10.2 Å². The molecule has 0 amide bonds. The summed E-state index contributed by atoms with van der Waals surface area (Å²) in [6.07, 6.45) is 5.07. The summed E-state index contributed by atoms with van der Waals surface area (Å²) in [6, 6.07) is 9.04. The maximum absolute atomic E-state index is 12.3. The average molecular weight is 366 g/mol. The number of benzene rings is 1. The van der Waals surface area contributed by atoms with Crippen molar-refractivity contribution in [3.05, 3.63) is 35.4 Å². The maximum atomic E-state index is 12.3. The van der Waals surface area contributed by atoms with Crippen LogP contribution in [0.25, 0.3) is 0 Å². The van der Waals surface area contributed by atoms with Crippen LogP contribution >= 0.6 is 0 Å². The molecule has 1 aliphatic carbocycles. The zero-order valence-electron chi connectivity index (χ0n) is 15.7. The third-order valence-electron chi connectivity index (χ3n) is 5.87. The van der Waals surface area contributed by atoms with Gasteiger partial charge in [-0.25, -0.2) is 0 Å². The average Bonchev–Trinajstić information content (AvgIpc) is 3.05. The van der Waals surface area contributed by atoms with Crippen LogP contribution in [0.1, 0.15) is 36.8 Å². The Bertz CT molecular complexity index is 671. The first-order valence-corrected chi connectivity index (χ1v) is 10.7. The summed E-state index contributed by atoms with van der Waals surface area (Å²) in [7, 11) is -0.0752. The Morgan fingerprint density at radius 3 is 2.08 bits per heavy atom. The highest BCUT2D eigenvalue weighted by atomic mass is 32.2. The lowest BCUT2D eigenvalue weighted by atomic mass is 9.78. The van der Waals surface area contributed by atoms with E-state index in [0.29, 0.717) is 13.1 Å². The lowest BCUT2D eigenvalue weighted by Gasteiger charge is -2.40. The molecule has 6 heteroatoms. The number of rotatable bonds is 5. The Labute approximate surface area is 152 Å². The van der Waals surface area contributed by atoms with Gasteiger partial charge in [-0.3, -0.25) is 4.90 Å². The molecule has 0 N–H and O–H groups in total. The fraction of sp³-hybridized carbons (Fsp3) is 0.684. The summed E-state index contributed by atoms with van der Waals surface area (Å²) in [5.74, 6) is 0. The van der Waals surface area contributed by atoms with Gasteiger partial charge in [0.05, 0.1) is 0 Å². The lowest BCUT2D eigenvalue weighted by molar-refractivity contribution is 0.148. The third kappa shape index (κ3) is 3.92. The molecule has 25 heavy (non-hydrogen) atoms. The summed E-state index contributed by atoms with van der Waals surface area (Å²) in [5.41, 5.74) is 3.01. The Morgan fingerprint density at radius 1 is 1.00 bits per heavy atom. The van der Waals surface area contributed by atoms with Gasteiger partial charge in [-0.1, -0.05) is 42.7 Å². The SMILES string of the molecule is Cc1ccc(C2(CN3CCN(S(=O)(=O)N(C)C)CC3)CCCC2)cc1. The summed E-state index contributed by atoms with van der Waals surface area (Å²) in [5, 5.41) is 0. The molecule has 1 heterocycles. The number of hydrogen-bond acceptors (Lipinski definition) is 3. The molecule has 0 atom stereocenters. The largest absolute Gasteiger partial charge is 0.300 e. The first-order chi connectivity index (χ1) is 11.8. The van der Waals surface area contributed by atoms with E-state index in [-0.39, 0.29) is 5.41 Å². The molecule has 140 valence electrons. The third-order valence-corrected chi connectivity index (χ3v) is 7.81. The van der Waals surface area contributed by atoms with E-state index in [1.165, 1.54) is 41.1 Å². The molecule has 1 aromatic rings. The second-order valence-electron chi connectivity index (χ2n) is 7.82. The molecule has 1 saturated heterocycles. The zero-order valence-corrected chi connectivity index (χ0v) is 16.6. The van der Waals surface area contributed by atoms with Crippen molar-refractivity contribution >= 4 is 10.2 Å². The van der Waals surface area contributed by atoms with Crippen molar-refractivity contribution in [3.63, 3.8) is 0 Å². The molecular formula is C19H31N3O2S. The molecule has 0 radical (unpaired) electrons. The van der Waals surface area contributed by atoms with E-state index in [1.807, 2.05) is 0 Å². The van der Waals surface area contributed by atoms with E-state index in [2.05, 4.69) is 36.1 Å². The van der Waals surface area contributed by atoms with Crippen molar-refractivity contribution in [2.45, 2.75) is 38.0 Å². The number of nitrogens with zero attached hydrogens (tertiary/aromatic N) is 3. The van der Waals surface area contributed by atoms with Crippen molar-refractivity contribution in [2.75, 3.05) is 46.8 Å². The molecule has 1 aromatic carbocycles. The van der Waals surface area contributed by atoms with Gasteiger partial charge in [0.1, 0.15) is 0 Å². The molecule has 1 aliphatic heterocycles. The molecule has 0 spiro atoms. The summed E-state index contributed by atoms with van der Waals surface area (Å²) in [6.45, 7) is 6.00. The fourth-order valence-electron chi connectivity index (χ4n) is 4.27. The second-order valence-corrected chi connectivity index (χ2v) is 9.96. The van der Waals surface area contributed by atoms with E-state index in [9.17, 15) is 8.42 Å². The molecule has 0 unspecified atom stereocenters. The molecule has 0 aromatic heterocycles. The minimum absolute atomic E-state index is 0.246. The normalized spacial score (nSPS) is 22.6. The van der Waals surface area contributed by atoms with Crippen LogP contribution in [-0.2, 0) is 15.6 Å². The van der Waals surface area contributed by atoms with Gasteiger partial charge in [0, 0.05) is 52.2 Å². The molecule has 2 fully saturated rings. The van der Waals surface area contributed by atoms with Gasteiger partial charge in [-0.05, 0) is 25.3 Å². The fourth-order valence-corrected chi connectivity index (χ4v) is 5.36. The van der Waals surface area contributed by atoms with Crippen LogP contribution in [0.15, 0.2) is 24.3 Å². The van der Waals surface area contributed by atoms with Crippen molar-refractivity contribution in [1.82, 2.24) is 13.5 Å². The maximum Gasteiger partial charge on any atom is 0.281 e. The van der Waals surface area contributed by atoms with Crippen LogP contribution in [0.3, 0.4) is 0 Å². The minimum Gasteiger partial charge on any atom is -0.300 e. The minimum atomic E-state index is -3.28. The van der Waals surface area contributed by atoms with Gasteiger partial charge in [-0.2, -0.15) is 17.0 Å². The lowest BCUT2D eigenvalue weighted by Crippen LogP contribution is -2.53. The number of hydrogen-bond donors (Lipinski definition) is 0. The predicted octanol–water partition coefficient (Wildman–Crippen LogP) is 2.23. The van der Waals surface area contributed by atoms with E-state index >= 15 is 0 Å². The number of aryl methyl sites for hydroxylation is 1.